The summed E-state index contributed by atoms with van der Waals surface area (Å²) in [5.74, 6) is 0. The molecule has 0 unspecified atom stereocenters. The molecule has 2 amide bonds. The van der Waals surface area contributed by atoms with Crippen molar-refractivity contribution in [2.45, 2.75) is 19.9 Å². The van der Waals surface area contributed by atoms with Crippen LogP contribution in [0.25, 0.3) is 0 Å². The average Bonchev–Trinajstić information content (AvgIpc) is 3.18. The molecule has 132 valence electrons. The standard InChI is InChI=1S/C20H21N5O/c1-16-7-5-6-10-18(16)22-20(26)24-23-19(17-8-3-2-4-9-17)11-13-25-14-12-21-15-25/h2-10,12,14-15H,11,13H2,1H3,(H2,22,24,26)/b23-19+. The van der Waals surface area contributed by atoms with Crippen molar-refractivity contribution in [1.82, 2.24) is 15.0 Å². The molecule has 1 heterocycles. The fraction of sp³-hybridized carbons (Fsp3) is 0.150. The van der Waals surface area contributed by atoms with E-state index in [9.17, 15) is 4.79 Å². The van der Waals surface area contributed by atoms with Gasteiger partial charge in [-0.3, -0.25) is 0 Å². The highest BCUT2D eigenvalue weighted by molar-refractivity contribution is 6.01. The second-order valence-electron chi connectivity index (χ2n) is 5.86. The van der Waals surface area contributed by atoms with Crippen molar-refractivity contribution >= 4 is 17.4 Å². The third kappa shape index (κ3) is 4.80. The molecule has 3 rings (SSSR count). The maximum Gasteiger partial charge on any atom is 0.339 e. The smallest absolute Gasteiger partial charge is 0.337 e. The highest BCUT2D eigenvalue weighted by atomic mass is 16.2. The summed E-state index contributed by atoms with van der Waals surface area (Å²) >= 11 is 0. The first-order valence-electron chi connectivity index (χ1n) is 8.43. The Labute approximate surface area is 152 Å². The van der Waals surface area contributed by atoms with Gasteiger partial charge in [-0.05, 0) is 24.1 Å². The Morgan fingerprint density at radius 1 is 1.12 bits per heavy atom. The van der Waals surface area contributed by atoms with Gasteiger partial charge < -0.3 is 9.88 Å². The molecule has 0 aliphatic heterocycles. The Bertz CT molecular complexity index is 872. The van der Waals surface area contributed by atoms with Crippen molar-refractivity contribution in [3.63, 3.8) is 0 Å². The van der Waals surface area contributed by atoms with Gasteiger partial charge in [-0.1, -0.05) is 48.5 Å². The molecular formula is C20H21N5O. The molecule has 0 saturated carbocycles. The summed E-state index contributed by atoms with van der Waals surface area (Å²) in [5, 5.41) is 7.15. The fourth-order valence-electron chi connectivity index (χ4n) is 2.53. The molecule has 0 spiro atoms. The van der Waals surface area contributed by atoms with Gasteiger partial charge in [0.1, 0.15) is 0 Å². The summed E-state index contributed by atoms with van der Waals surface area (Å²) in [6, 6.07) is 17.1. The predicted molar refractivity (Wildman–Crippen MR) is 103 cm³/mol. The summed E-state index contributed by atoms with van der Waals surface area (Å²) in [6.07, 6.45) is 6.08. The number of anilines is 1. The highest BCUT2D eigenvalue weighted by Gasteiger charge is 2.07. The molecule has 6 heteroatoms. The number of benzene rings is 2. The van der Waals surface area contributed by atoms with E-state index in [4.69, 9.17) is 0 Å². The number of hydrazone groups is 1. The minimum Gasteiger partial charge on any atom is -0.337 e. The molecule has 2 aromatic carbocycles. The van der Waals surface area contributed by atoms with E-state index in [-0.39, 0.29) is 6.03 Å². The number of carbonyl (C=O) groups is 1. The zero-order valence-electron chi connectivity index (χ0n) is 14.6. The van der Waals surface area contributed by atoms with Gasteiger partial charge in [-0.15, -0.1) is 0 Å². The van der Waals surface area contributed by atoms with Gasteiger partial charge in [0.25, 0.3) is 0 Å². The topological polar surface area (TPSA) is 71.3 Å². The van der Waals surface area contributed by atoms with E-state index in [1.165, 1.54) is 0 Å². The predicted octanol–water partition coefficient (Wildman–Crippen LogP) is 3.81. The summed E-state index contributed by atoms with van der Waals surface area (Å²) in [4.78, 5) is 16.2. The third-order valence-corrected chi connectivity index (χ3v) is 3.96. The van der Waals surface area contributed by atoms with Gasteiger partial charge in [-0.2, -0.15) is 5.10 Å². The van der Waals surface area contributed by atoms with Crippen LogP contribution in [0.1, 0.15) is 17.5 Å². The second kappa shape index (κ2) is 8.62. The van der Waals surface area contributed by atoms with Gasteiger partial charge in [0, 0.05) is 31.0 Å². The maximum atomic E-state index is 12.2. The number of rotatable bonds is 6. The molecule has 0 saturated heterocycles. The van der Waals surface area contributed by atoms with Crippen LogP contribution in [0.4, 0.5) is 10.5 Å². The fourth-order valence-corrected chi connectivity index (χ4v) is 2.53. The number of carbonyl (C=O) groups excluding carboxylic acids is 1. The van der Waals surface area contributed by atoms with Crippen molar-refractivity contribution in [3.05, 3.63) is 84.4 Å². The van der Waals surface area contributed by atoms with Crippen LogP contribution in [0.15, 0.2) is 78.4 Å². The minimum atomic E-state index is -0.365. The van der Waals surface area contributed by atoms with E-state index >= 15 is 0 Å². The number of aryl methyl sites for hydroxylation is 2. The van der Waals surface area contributed by atoms with Crippen LogP contribution in [0.3, 0.4) is 0 Å². The molecule has 0 aliphatic rings. The molecule has 0 aliphatic carbocycles. The Morgan fingerprint density at radius 2 is 1.88 bits per heavy atom. The first kappa shape index (κ1) is 17.4. The first-order chi connectivity index (χ1) is 12.7. The minimum absolute atomic E-state index is 0.365. The zero-order valence-corrected chi connectivity index (χ0v) is 14.6. The normalized spacial score (nSPS) is 11.2. The van der Waals surface area contributed by atoms with Gasteiger partial charge in [0.05, 0.1) is 12.0 Å². The maximum absolute atomic E-state index is 12.2. The van der Waals surface area contributed by atoms with Crippen LogP contribution >= 0.6 is 0 Å². The number of aromatic nitrogens is 2. The molecule has 2 N–H and O–H groups in total. The molecule has 0 atom stereocenters. The van der Waals surface area contributed by atoms with E-state index in [1.807, 2.05) is 72.3 Å². The molecule has 3 aromatic rings. The Kier molecular flexibility index (Phi) is 5.77. The average molecular weight is 347 g/mol. The number of amides is 2. The van der Waals surface area contributed by atoms with Crippen LogP contribution in [-0.2, 0) is 6.54 Å². The van der Waals surface area contributed by atoms with Crippen LogP contribution < -0.4 is 10.7 Å². The molecule has 1 aromatic heterocycles. The Hall–Kier alpha value is -3.41. The number of nitrogens with one attached hydrogen (secondary N) is 2. The number of para-hydroxylation sites is 1. The number of nitrogens with zero attached hydrogens (tertiary/aromatic N) is 3. The number of urea groups is 1. The SMILES string of the molecule is Cc1ccccc1NC(=O)N/N=C(\CCn1ccnc1)c1ccccc1. The highest BCUT2D eigenvalue weighted by Crippen LogP contribution is 2.12. The van der Waals surface area contributed by atoms with Crippen molar-refractivity contribution < 1.29 is 4.79 Å². The van der Waals surface area contributed by atoms with Crippen LogP contribution in [0, 0.1) is 6.92 Å². The third-order valence-electron chi connectivity index (χ3n) is 3.96. The second-order valence-corrected chi connectivity index (χ2v) is 5.86. The lowest BCUT2D eigenvalue weighted by Gasteiger charge is -2.10. The molecule has 0 radical (unpaired) electrons. The quantitative estimate of drug-likeness (QED) is 0.526. The van der Waals surface area contributed by atoms with E-state index < -0.39 is 0 Å². The van der Waals surface area contributed by atoms with Gasteiger partial charge in [0.2, 0.25) is 0 Å². The molecule has 26 heavy (non-hydrogen) atoms. The van der Waals surface area contributed by atoms with Gasteiger partial charge in [-0.25, -0.2) is 15.2 Å². The van der Waals surface area contributed by atoms with Crippen molar-refractivity contribution in [2.75, 3.05) is 5.32 Å². The number of hydrogen-bond acceptors (Lipinski definition) is 3. The molecule has 0 bridgehead atoms. The number of imidazole rings is 1. The molecule has 6 nitrogen and oxygen atoms in total. The molecular weight excluding hydrogens is 326 g/mol. The monoisotopic (exact) mass is 347 g/mol. The van der Waals surface area contributed by atoms with Crippen molar-refractivity contribution in [1.29, 1.82) is 0 Å². The van der Waals surface area contributed by atoms with E-state index in [0.29, 0.717) is 6.42 Å². The Balaban J connectivity index is 1.69. The lowest BCUT2D eigenvalue weighted by molar-refractivity contribution is 0.252. The van der Waals surface area contributed by atoms with E-state index in [0.717, 1.165) is 29.1 Å². The van der Waals surface area contributed by atoms with E-state index in [2.05, 4.69) is 20.8 Å². The lowest BCUT2D eigenvalue weighted by Crippen LogP contribution is -2.26. The van der Waals surface area contributed by atoms with Crippen LogP contribution in [-0.4, -0.2) is 21.3 Å². The van der Waals surface area contributed by atoms with Gasteiger partial charge in [0.15, 0.2) is 0 Å². The summed E-state index contributed by atoms with van der Waals surface area (Å²) < 4.78 is 1.98. The zero-order chi connectivity index (χ0) is 18.2. The lowest BCUT2D eigenvalue weighted by atomic mass is 10.1. The van der Waals surface area contributed by atoms with Gasteiger partial charge >= 0.3 is 6.03 Å². The van der Waals surface area contributed by atoms with Crippen molar-refractivity contribution in [3.8, 4) is 0 Å². The number of hydrogen-bond donors (Lipinski definition) is 2. The molecule has 0 fully saturated rings. The summed E-state index contributed by atoms with van der Waals surface area (Å²) in [5.41, 5.74) is 6.14. The largest absolute Gasteiger partial charge is 0.339 e. The first-order valence-corrected chi connectivity index (χ1v) is 8.43. The Morgan fingerprint density at radius 3 is 2.62 bits per heavy atom. The van der Waals surface area contributed by atoms with E-state index in [1.54, 1.807) is 12.5 Å². The van der Waals surface area contributed by atoms with Crippen LogP contribution in [0.2, 0.25) is 0 Å². The van der Waals surface area contributed by atoms with Crippen molar-refractivity contribution in [2.24, 2.45) is 5.10 Å². The summed E-state index contributed by atoms with van der Waals surface area (Å²) in [6.45, 7) is 2.67. The summed E-state index contributed by atoms with van der Waals surface area (Å²) in [7, 11) is 0. The van der Waals surface area contributed by atoms with Crippen LogP contribution in [0.5, 0.6) is 0 Å².